The Morgan fingerprint density at radius 2 is 1.23 bits per heavy atom. The fourth-order valence-corrected chi connectivity index (χ4v) is 3.16. The molecule has 0 spiro atoms. The summed E-state index contributed by atoms with van der Waals surface area (Å²) < 4.78 is 0. The summed E-state index contributed by atoms with van der Waals surface area (Å²) in [6, 6.07) is 7.71. The summed E-state index contributed by atoms with van der Waals surface area (Å²) in [5, 5.41) is 12.6. The van der Waals surface area contributed by atoms with E-state index in [4.69, 9.17) is 0 Å². The first-order chi connectivity index (χ1) is 12.4. The van der Waals surface area contributed by atoms with Crippen molar-refractivity contribution in [2.45, 2.75) is 52.9 Å². The van der Waals surface area contributed by atoms with Gasteiger partial charge in [-0.15, -0.1) is 0 Å². The van der Waals surface area contributed by atoms with Crippen LogP contribution in [0.15, 0.2) is 24.3 Å². The van der Waals surface area contributed by atoms with Gasteiger partial charge in [0.2, 0.25) is 11.8 Å². The molecule has 0 aliphatic carbocycles. The topological polar surface area (TPSA) is 82.3 Å². The summed E-state index contributed by atoms with van der Waals surface area (Å²) >= 11 is 0. The minimum Gasteiger partial charge on any atom is -0.353 e. The summed E-state index contributed by atoms with van der Waals surface area (Å²) in [4.78, 5) is 24.9. The fourth-order valence-electron chi connectivity index (χ4n) is 3.16. The molecule has 26 heavy (non-hydrogen) atoms. The molecule has 0 saturated carbocycles. The van der Waals surface area contributed by atoms with Gasteiger partial charge in [-0.25, -0.2) is 0 Å². The van der Waals surface area contributed by atoms with Crippen LogP contribution in [-0.4, -0.2) is 37.0 Å². The molecule has 144 valence electrons. The third-order valence-corrected chi connectivity index (χ3v) is 4.67. The van der Waals surface area contributed by atoms with E-state index in [1.807, 2.05) is 33.8 Å². The standard InChI is InChI=1S/C20H32N4O2/c1-13(2)17-19(25)21-8-9-22-20(26)18(14(3)4)24-12-16-7-5-6-15(10-16)11-23-17/h5-7,10,13-14,17-18,23-24H,8-9,11-12H2,1-4H3,(H,21,25)(H,22,26)/t17-,18-/m0/s1. The first kappa shape index (κ1) is 20.4. The van der Waals surface area contributed by atoms with Gasteiger partial charge in [0.15, 0.2) is 0 Å². The van der Waals surface area contributed by atoms with Crippen molar-refractivity contribution in [3.05, 3.63) is 35.4 Å². The number of hydrogen-bond donors (Lipinski definition) is 4. The quantitative estimate of drug-likeness (QED) is 0.638. The van der Waals surface area contributed by atoms with E-state index in [0.717, 1.165) is 11.1 Å². The van der Waals surface area contributed by atoms with Gasteiger partial charge >= 0.3 is 0 Å². The van der Waals surface area contributed by atoms with E-state index in [2.05, 4.69) is 39.5 Å². The zero-order valence-electron chi connectivity index (χ0n) is 16.3. The Morgan fingerprint density at radius 3 is 1.62 bits per heavy atom. The maximum atomic E-state index is 12.5. The maximum absolute atomic E-state index is 12.5. The number of hydrogen-bond acceptors (Lipinski definition) is 4. The van der Waals surface area contributed by atoms with Crippen molar-refractivity contribution < 1.29 is 9.59 Å². The van der Waals surface area contributed by atoms with Crippen LogP contribution < -0.4 is 21.3 Å². The lowest BCUT2D eigenvalue weighted by atomic mass is 10.0. The van der Waals surface area contributed by atoms with E-state index in [1.54, 1.807) is 0 Å². The van der Waals surface area contributed by atoms with Gasteiger partial charge < -0.3 is 21.3 Å². The average molecular weight is 361 g/mol. The number of benzene rings is 1. The maximum Gasteiger partial charge on any atom is 0.237 e. The minimum atomic E-state index is -0.263. The van der Waals surface area contributed by atoms with E-state index >= 15 is 0 Å². The van der Waals surface area contributed by atoms with E-state index < -0.39 is 0 Å². The van der Waals surface area contributed by atoms with Gasteiger partial charge in [-0.2, -0.15) is 0 Å². The van der Waals surface area contributed by atoms with Gasteiger partial charge in [0.05, 0.1) is 12.1 Å². The molecule has 4 N–H and O–H groups in total. The zero-order chi connectivity index (χ0) is 19.1. The van der Waals surface area contributed by atoms with Crippen molar-refractivity contribution >= 4 is 11.8 Å². The molecule has 1 aromatic rings. The highest BCUT2D eigenvalue weighted by Crippen LogP contribution is 2.10. The number of amides is 2. The summed E-state index contributed by atoms with van der Waals surface area (Å²) in [7, 11) is 0. The van der Waals surface area contributed by atoms with E-state index in [-0.39, 0.29) is 35.7 Å². The first-order valence-electron chi connectivity index (χ1n) is 9.48. The molecule has 1 aliphatic rings. The van der Waals surface area contributed by atoms with E-state index in [1.165, 1.54) is 0 Å². The molecular formula is C20H32N4O2. The highest BCUT2D eigenvalue weighted by molar-refractivity contribution is 5.83. The molecule has 2 bridgehead atoms. The van der Waals surface area contributed by atoms with Crippen LogP contribution in [0.2, 0.25) is 0 Å². The summed E-state index contributed by atoms with van der Waals surface area (Å²) in [5.41, 5.74) is 2.26. The molecule has 0 fully saturated rings. The number of carbonyl (C=O) groups excluding carboxylic acids is 2. The van der Waals surface area contributed by atoms with Crippen molar-refractivity contribution in [1.29, 1.82) is 0 Å². The van der Waals surface area contributed by atoms with Crippen LogP contribution in [-0.2, 0) is 22.7 Å². The van der Waals surface area contributed by atoms with Crippen molar-refractivity contribution in [3.8, 4) is 0 Å². The third kappa shape index (κ3) is 5.81. The fraction of sp³-hybridized carbons (Fsp3) is 0.600. The minimum absolute atomic E-state index is 0.0289. The molecule has 1 aliphatic heterocycles. The number of nitrogens with one attached hydrogen (secondary N) is 4. The Bertz CT molecular complexity index is 566. The lowest BCUT2D eigenvalue weighted by Gasteiger charge is -2.22. The highest BCUT2D eigenvalue weighted by atomic mass is 16.2. The first-order valence-corrected chi connectivity index (χ1v) is 9.48. The van der Waals surface area contributed by atoms with Crippen LogP contribution in [0.1, 0.15) is 38.8 Å². The Kier molecular flexibility index (Phi) is 7.60. The summed E-state index contributed by atoms with van der Waals surface area (Å²) in [5.74, 6) is 0.295. The van der Waals surface area contributed by atoms with Crippen LogP contribution in [0, 0.1) is 11.8 Å². The van der Waals surface area contributed by atoms with Crippen molar-refractivity contribution in [2.75, 3.05) is 13.1 Å². The molecule has 6 nitrogen and oxygen atoms in total. The number of rotatable bonds is 2. The highest BCUT2D eigenvalue weighted by Gasteiger charge is 2.23. The van der Waals surface area contributed by atoms with Crippen LogP contribution in [0.4, 0.5) is 0 Å². The van der Waals surface area contributed by atoms with Gasteiger partial charge in [0.25, 0.3) is 0 Å². The SMILES string of the molecule is CC(C)[C@@H]1NCc2cccc(c2)CN[C@@H](C(C)C)C(=O)NCCNC1=O. The smallest absolute Gasteiger partial charge is 0.237 e. The predicted octanol–water partition coefficient (Wildman–Crippen LogP) is 1.16. The van der Waals surface area contributed by atoms with Crippen LogP contribution in [0.25, 0.3) is 0 Å². The molecule has 0 radical (unpaired) electrons. The number of fused-ring (bicyclic) bond motifs is 2. The third-order valence-electron chi connectivity index (χ3n) is 4.67. The normalized spacial score (nSPS) is 23.2. The molecule has 1 heterocycles. The van der Waals surface area contributed by atoms with Crippen molar-refractivity contribution in [1.82, 2.24) is 21.3 Å². The molecule has 0 saturated heterocycles. The Labute approximate surface area is 156 Å². The van der Waals surface area contributed by atoms with E-state index in [0.29, 0.717) is 26.2 Å². The average Bonchev–Trinajstić information content (AvgIpc) is 2.58. The monoisotopic (exact) mass is 360 g/mol. The largest absolute Gasteiger partial charge is 0.353 e. The molecule has 2 amide bonds. The summed E-state index contributed by atoms with van der Waals surface area (Å²) in [6.07, 6.45) is 0. The lowest BCUT2D eigenvalue weighted by molar-refractivity contribution is -0.126. The van der Waals surface area contributed by atoms with Gasteiger partial charge in [-0.05, 0) is 23.0 Å². The van der Waals surface area contributed by atoms with Crippen LogP contribution >= 0.6 is 0 Å². The van der Waals surface area contributed by atoms with Crippen LogP contribution in [0.3, 0.4) is 0 Å². The van der Waals surface area contributed by atoms with Crippen molar-refractivity contribution in [2.24, 2.45) is 11.8 Å². The molecule has 0 aromatic heterocycles. The molecular weight excluding hydrogens is 328 g/mol. The van der Waals surface area contributed by atoms with Gasteiger partial charge in [0, 0.05) is 26.2 Å². The van der Waals surface area contributed by atoms with Gasteiger partial charge in [-0.3, -0.25) is 9.59 Å². The van der Waals surface area contributed by atoms with Gasteiger partial charge in [0.1, 0.15) is 0 Å². The second-order valence-electron chi connectivity index (χ2n) is 7.61. The Balaban J connectivity index is 2.19. The zero-order valence-corrected chi connectivity index (χ0v) is 16.3. The predicted molar refractivity (Wildman–Crippen MR) is 103 cm³/mol. The Hall–Kier alpha value is -1.92. The Morgan fingerprint density at radius 1 is 0.808 bits per heavy atom. The second-order valence-corrected chi connectivity index (χ2v) is 7.61. The molecule has 6 heteroatoms. The molecule has 0 unspecified atom stereocenters. The van der Waals surface area contributed by atoms with E-state index in [9.17, 15) is 9.59 Å². The molecule has 2 rings (SSSR count). The van der Waals surface area contributed by atoms with Crippen LogP contribution in [0.5, 0.6) is 0 Å². The molecule has 1 aromatic carbocycles. The second kappa shape index (κ2) is 9.69. The molecule has 2 atom stereocenters. The lowest BCUT2D eigenvalue weighted by Crippen LogP contribution is -2.50. The van der Waals surface area contributed by atoms with Crippen molar-refractivity contribution in [3.63, 3.8) is 0 Å². The van der Waals surface area contributed by atoms with Gasteiger partial charge in [-0.1, -0.05) is 52.0 Å². The summed E-state index contributed by atoms with van der Waals surface area (Å²) in [6.45, 7) is 10.2. The number of carbonyl (C=O) groups is 2.